The number of hydrogen-bond donors (Lipinski definition) is 1. The molecule has 19 heavy (non-hydrogen) atoms. The highest BCUT2D eigenvalue weighted by atomic mass is 19.4. The molecule has 0 aliphatic rings. The Kier molecular flexibility index (Phi) is 4.37. The Balaban J connectivity index is 2.70. The molecule has 2 nitrogen and oxygen atoms in total. The van der Waals surface area contributed by atoms with Gasteiger partial charge in [0.15, 0.2) is 0 Å². The molecule has 6 heteroatoms. The van der Waals surface area contributed by atoms with Gasteiger partial charge in [-0.2, -0.15) is 13.2 Å². The monoisotopic (exact) mass is 273 g/mol. The molecule has 0 aliphatic carbocycles. The van der Waals surface area contributed by atoms with Crippen LogP contribution >= 0.6 is 0 Å². The summed E-state index contributed by atoms with van der Waals surface area (Å²) >= 11 is 0. The lowest BCUT2D eigenvalue weighted by Gasteiger charge is -2.37. The van der Waals surface area contributed by atoms with Crippen molar-refractivity contribution in [1.82, 2.24) is 0 Å². The van der Waals surface area contributed by atoms with E-state index < -0.39 is 22.9 Å². The fourth-order valence-corrected chi connectivity index (χ4v) is 1.11. The van der Waals surface area contributed by atoms with Gasteiger partial charge in [-0.15, -0.1) is 0 Å². The van der Waals surface area contributed by atoms with Gasteiger partial charge in [-0.05, 0) is 27.7 Å². The number of hydrogen-bond acceptors (Lipinski definition) is 2. The van der Waals surface area contributed by atoms with E-state index in [2.05, 4.69) is 0 Å². The van der Waals surface area contributed by atoms with E-state index in [1.54, 1.807) is 27.7 Å². The van der Waals surface area contributed by atoms with Crippen LogP contribution in [-0.2, 0) is 10.8 Å². The lowest BCUT2D eigenvalue weighted by molar-refractivity contribution is -0.137. The smallest absolute Gasteiger partial charge is 0.416 e. The van der Waals surface area contributed by atoms with Crippen LogP contribution in [0.25, 0.3) is 0 Å². The highest BCUT2D eigenvalue weighted by Crippen LogP contribution is 2.28. The molecule has 0 heterocycles. The second kappa shape index (κ2) is 5.17. The first kappa shape index (κ1) is 16.1. The molecular formula is C13H17BF3O2. The van der Waals surface area contributed by atoms with Gasteiger partial charge in [0.2, 0.25) is 0 Å². The van der Waals surface area contributed by atoms with Gasteiger partial charge in [-0.3, -0.25) is 0 Å². The summed E-state index contributed by atoms with van der Waals surface area (Å²) in [7, 11) is 1.35. The predicted octanol–water partition coefficient (Wildman–Crippen LogP) is 2.52. The van der Waals surface area contributed by atoms with E-state index in [0.29, 0.717) is 5.46 Å². The minimum absolute atomic E-state index is 0.505. The van der Waals surface area contributed by atoms with Crippen molar-refractivity contribution in [3.8, 4) is 0 Å². The van der Waals surface area contributed by atoms with Crippen LogP contribution in [0.3, 0.4) is 0 Å². The standard InChI is InChI=1S/C13H17BF3O2/c1-11(2,18)12(3,4)19-14-10-7-5-9(6-8-10)13(15,16)17/h5-8,18H,1-4H3. The van der Waals surface area contributed by atoms with Crippen LogP contribution < -0.4 is 5.46 Å². The summed E-state index contributed by atoms with van der Waals surface area (Å²) in [5, 5.41) is 9.88. The van der Waals surface area contributed by atoms with Crippen LogP contribution in [0, 0.1) is 0 Å². The summed E-state index contributed by atoms with van der Waals surface area (Å²) < 4.78 is 42.6. The van der Waals surface area contributed by atoms with Crippen molar-refractivity contribution in [2.75, 3.05) is 0 Å². The molecule has 1 rings (SSSR count). The summed E-state index contributed by atoms with van der Waals surface area (Å²) in [5.74, 6) is 0. The van der Waals surface area contributed by atoms with Crippen molar-refractivity contribution >= 4 is 12.9 Å². The maximum atomic E-state index is 12.4. The van der Waals surface area contributed by atoms with E-state index in [9.17, 15) is 18.3 Å². The SMILES string of the molecule is CC(C)(O)C(C)(C)O[B]c1ccc(C(F)(F)F)cc1. The molecule has 0 bridgehead atoms. The highest BCUT2D eigenvalue weighted by Gasteiger charge is 2.36. The third-order valence-corrected chi connectivity index (χ3v) is 3.20. The number of alkyl halides is 3. The Labute approximate surface area is 111 Å². The van der Waals surface area contributed by atoms with Gasteiger partial charge in [0.25, 0.3) is 0 Å². The van der Waals surface area contributed by atoms with Gasteiger partial charge in [0.05, 0.1) is 16.8 Å². The van der Waals surface area contributed by atoms with Crippen LogP contribution in [0.2, 0.25) is 0 Å². The molecule has 0 saturated heterocycles. The topological polar surface area (TPSA) is 29.5 Å². The van der Waals surface area contributed by atoms with E-state index in [0.717, 1.165) is 12.1 Å². The summed E-state index contributed by atoms with van der Waals surface area (Å²) in [4.78, 5) is 0. The van der Waals surface area contributed by atoms with Crippen LogP contribution in [0.1, 0.15) is 33.3 Å². The lowest BCUT2D eigenvalue weighted by atomic mass is 9.82. The molecule has 105 valence electrons. The van der Waals surface area contributed by atoms with Crippen LogP contribution in [0.4, 0.5) is 13.2 Å². The zero-order valence-electron chi connectivity index (χ0n) is 11.4. The number of aliphatic hydroxyl groups is 1. The van der Waals surface area contributed by atoms with E-state index in [4.69, 9.17) is 4.65 Å². The number of benzene rings is 1. The average molecular weight is 273 g/mol. The molecule has 0 fully saturated rings. The molecule has 0 spiro atoms. The Morgan fingerprint density at radius 1 is 1.00 bits per heavy atom. The molecule has 0 atom stereocenters. The van der Waals surface area contributed by atoms with Gasteiger partial charge < -0.3 is 9.76 Å². The first-order valence-electron chi connectivity index (χ1n) is 5.84. The maximum absolute atomic E-state index is 12.4. The molecule has 0 saturated carbocycles. The van der Waals surface area contributed by atoms with Gasteiger partial charge in [-0.25, -0.2) is 0 Å². The third kappa shape index (κ3) is 4.25. The number of halogens is 3. The Morgan fingerprint density at radius 3 is 1.84 bits per heavy atom. The number of rotatable bonds is 4. The van der Waals surface area contributed by atoms with Crippen molar-refractivity contribution < 1.29 is 22.9 Å². The molecule has 1 aromatic rings. The van der Waals surface area contributed by atoms with E-state index in [-0.39, 0.29) is 0 Å². The van der Waals surface area contributed by atoms with Crippen molar-refractivity contribution in [3.05, 3.63) is 29.8 Å². The second-order valence-electron chi connectivity index (χ2n) is 5.42. The molecule has 1 radical (unpaired) electrons. The zero-order valence-corrected chi connectivity index (χ0v) is 11.4. The summed E-state index contributed by atoms with van der Waals surface area (Å²) in [6, 6.07) is 4.63. The summed E-state index contributed by atoms with van der Waals surface area (Å²) in [6.45, 7) is 6.61. The predicted molar refractivity (Wildman–Crippen MR) is 68.3 cm³/mol. The Bertz CT molecular complexity index is 419. The van der Waals surface area contributed by atoms with Crippen molar-refractivity contribution in [2.24, 2.45) is 0 Å². The first-order chi connectivity index (χ1) is 8.43. The fourth-order valence-electron chi connectivity index (χ4n) is 1.11. The molecule has 0 aromatic heterocycles. The minimum Gasteiger partial charge on any atom is -0.427 e. The average Bonchev–Trinajstić information content (AvgIpc) is 2.24. The van der Waals surface area contributed by atoms with Gasteiger partial charge in [-0.1, -0.05) is 29.7 Å². The van der Waals surface area contributed by atoms with Gasteiger partial charge in [0, 0.05) is 0 Å². The molecule has 0 aliphatic heterocycles. The molecule has 0 unspecified atom stereocenters. The highest BCUT2D eigenvalue weighted by molar-refractivity contribution is 6.47. The lowest BCUT2D eigenvalue weighted by Crippen LogP contribution is -2.49. The van der Waals surface area contributed by atoms with E-state index >= 15 is 0 Å². The zero-order chi connectivity index (χ0) is 14.9. The van der Waals surface area contributed by atoms with Gasteiger partial charge >= 0.3 is 13.7 Å². The normalized spacial score (nSPS) is 13.5. The van der Waals surface area contributed by atoms with E-state index in [1.165, 1.54) is 19.6 Å². The Hall–Kier alpha value is -1.01. The summed E-state index contributed by atoms with van der Waals surface area (Å²) in [5.41, 5.74) is -2.12. The quantitative estimate of drug-likeness (QED) is 0.854. The third-order valence-electron chi connectivity index (χ3n) is 3.20. The first-order valence-corrected chi connectivity index (χ1v) is 5.84. The van der Waals surface area contributed by atoms with E-state index in [1.807, 2.05) is 0 Å². The van der Waals surface area contributed by atoms with Crippen molar-refractivity contribution in [1.29, 1.82) is 0 Å². The van der Waals surface area contributed by atoms with Crippen molar-refractivity contribution in [2.45, 2.75) is 45.1 Å². The Morgan fingerprint density at radius 2 is 1.47 bits per heavy atom. The van der Waals surface area contributed by atoms with Crippen LogP contribution in [0.5, 0.6) is 0 Å². The minimum atomic E-state index is -4.34. The summed E-state index contributed by atoms with van der Waals surface area (Å²) in [6.07, 6.45) is -4.34. The second-order valence-corrected chi connectivity index (χ2v) is 5.42. The molecule has 0 amide bonds. The molecular weight excluding hydrogens is 256 g/mol. The fraction of sp³-hybridized carbons (Fsp3) is 0.538. The molecule has 1 aromatic carbocycles. The molecule has 1 N–H and O–H groups in total. The maximum Gasteiger partial charge on any atom is 0.416 e. The van der Waals surface area contributed by atoms with Crippen molar-refractivity contribution in [3.63, 3.8) is 0 Å². The largest absolute Gasteiger partial charge is 0.427 e. The van der Waals surface area contributed by atoms with Gasteiger partial charge in [0.1, 0.15) is 0 Å². The van der Waals surface area contributed by atoms with Crippen LogP contribution in [-0.4, -0.2) is 23.8 Å². The van der Waals surface area contributed by atoms with Crippen LogP contribution in [0.15, 0.2) is 24.3 Å².